The van der Waals surface area contributed by atoms with Gasteiger partial charge in [-0.05, 0) is 24.3 Å². The van der Waals surface area contributed by atoms with E-state index in [0.29, 0.717) is 12.2 Å². The maximum atomic E-state index is 10.9. The maximum Gasteiger partial charge on any atom is 0.159 e. The quantitative estimate of drug-likeness (QED) is 0.502. The van der Waals surface area contributed by atoms with Gasteiger partial charge in [-0.3, -0.25) is 4.79 Å². The van der Waals surface area contributed by atoms with Crippen LogP contribution in [0, 0.1) is 0 Å². The Hall–Kier alpha value is -1.57. The van der Waals surface area contributed by atoms with Gasteiger partial charge in [0.2, 0.25) is 0 Å². The van der Waals surface area contributed by atoms with Gasteiger partial charge >= 0.3 is 0 Å². The topological polar surface area (TPSA) is 30.2 Å². The number of rotatable bonds is 4. The van der Waals surface area contributed by atoms with Gasteiger partial charge in [0.05, 0.1) is 6.26 Å². The first-order chi connectivity index (χ1) is 5.83. The molecule has 62 valence electrons. The highest BCUT2D eigenvalue weighted by molar-refractivity contribution is 5.94. The second-order valence-electron chi connectivity index (χ2n) is 2.31. The number of hydrogen-bond acceptors (Lipinski definition) is 2. The summed E-state index contributed by atoms with van der Waals surface area (Å²) in [6.45, 7) is 3.47. The molecule has 0 fully saturated rings. The van der Waals surface area contributed by atoms with Crippen molar-refractivity contribution in [3.8, 4) is 0 Å². The lowest BCUT2D eigenvalue weighted by molar-refractivity contribution is -0.113. The number of furan rings is 1. The van der Waals surface area contributed by atoms with Crippen molar-refractivity contribution in [2.24, 2.45) is 0 Å². The summed E-state index contributed by atoms with van der Waals surface area (Å²) in [7, 11) is 0. The number of ketones is 1. The molecule has 0 aromatic carbocycles. The monoisotopic (exact) mass is 162 g/mol. The minimum atomic E-state index is 0.0291. The molecule has 0 aliphatic carbocycles. The van der Waals surface area contributed by atoms with E-state index in [9.17, 15) is 4.79 Å². The van der Waals surface area contributed by atoms with Crippen LogP contribution in [0.3, 0.4) is 0 Å². The third kappa shape index (κ3) is 2.58. The van der Waals surface area contributed by atoms with E-state index in [0.717, 1.165) is 0 Å². The summed E-state index contributed by atoms with van der Waals surface area (Å²) in [4.78, 5) is 10.9. The largest absolute Gasteiger partial charge is 0.465 e. The molecule has 2 heteroatoms. The Labute approximate surface area is 71.2 Å². The van der Waals surface area contributed by atoms with Crippen LogP contribution < -0.4 is 0 Å². The zero-order valence-electron chi connectivity index (χ0n) is 6.69. The van der Waals surface area contributed by atoms with Crippen molar-refractivity contribution in [1.82, 2.24) is 0 Å². The van der Waals surface area contributed by atoms with Crippen molar-refractivity contribution in [2.45, 2.75) is 6.42 Å². The predicted molar refractivity (Wildman–Crippen MR) is 47.6 cm³/mol. The predicted octanol–water partition coefficient (Wildman–Crippen LogP) is 2.44. The van der Waals surface area contributed by atoms with Crippen LogP contribution >= 0.6 is 0 Å². The SMILES string of the molecule is C=CCC(=O)C=Cc1ccco1. The van der Waals surface area contributed by atoms with E-state index in [4.69, 9.17) is 4.42 Å². The standard InChI is InChI=1S/C10H10O2/c1-2-4-9(11)6-7-10-5-3-8-12-10/h2-3,5-8H,1,4H2. The van der Waals surface area contributed by atoms with Crippen LogP contribution in [0.4, 0.5) is 0 Å². The fourth-order valence-corrected chi connectivity index (χ4v) is 0.771. The molecule has 0 amide bonds. The molecule has 12 heavy (non-hydrogen) atoms. The lowest BCUT2D eigenvalue weighted by atomic mass is 10.2. The molecule has 0 atom stereocenters. The molecule has 0 radical (unpaired) electrons. The Bertz CT molecular complexity index is 281. The lowest BCUT2D eigenvalue weighted by Crippen LogP contribution is -1.87. The van der Waals surface area contributed by atoms with Crippen molar-refractivity contribution < 1.29 is 9.21 Å². The van der Waals surface area contributed by atoms with Crippen molar-refractivity contribution in [1.29, 1.82) is 0 Å². The Morgan fingerprint density at radius 2 is 2.50 bits per heavy atom. The molecule has 0 spiro atoms. The minimum Gasteiger partial charge on any atom is -0.465 e. The van der Waals surface area contributed by atoms with E-state index in [1.165, 1.54) is 6.08 Å². The number of hydrogen-bond donors (Lipinski definition) is 0. The summed E-state index contributed by atoms with van der Waals surface area (Å²) in [5.74, 6) is 0.716. The molecular formula is C10H10O2. The smallest absolute Gasteiger partial charge is 0.159 e. The van der Waals surface area contributed by atoms with Crippen LogP contribution in [0.1, 0.15) is 12.2 Å². The van der Waals surface area contributed by atoms with Gasteiger partial charge in [0.1, 0.15) is 5.76 Å². The molecule has 1 rings (SSSR count). The van der Waals surface area contributed by atoms with Crippen LogP contribution in [-0.4, -0.2) is 5.78 Å². The fraction of sp³-hybridized carbons (Fsp3) is 0.100. The van der Waals surface area contributed by atoms with Crippen molar-refractivity contribution in [2.75, 3.05) is 0 Å². The zero-order valence-corrected chi connectivity index (χ0v) is 6.69. The van der Waals surface area contributed by atoms with Gasteiger partial charge in [-0.2, -0.15) is 0 Å². The van der Waals surface area contributed by atoms with Crippen LogP contribution in [0.2, 0.25) is 0 Å². The highest BCUT2D eigenvalue weighted by Gasteiger charge is 1.92. The van der Waals surface area contributed by atoms with Gasteiger partial charge in [0, 0.05) is 6.42 Å². The Kier molecular flexibility index (Phi) is 3.08. The molecule has 1 aromatic rings. The summed E-state index contributed by atoms with van der Waals surface area (Å²) in [6.07, 6.45) is 6.65. The molecular weight excluding hydrogens is 152 g/mol. The first-order valence-corrected chi connectivity index (χ1v) is 3.68. The average Bonchev–Trinajstić information content (AvgIpc) is 2.53. The van der Waals surface area contributed by atoms with Gasteiger partial charge in [0.15, 0.2) is 5.78 Å². The molecule has 2 nitrogen and oxygen atoms in total. The molecule has 0 aliphatic heterocycles. The second kappa shape index (κ2) is 4.34. The van der Waals surface area contributed by atoms with Gasteiger partial charge in [0.25, 0.3) is 0 Å². The molecule has 1 heterocycles. The molecule has 0 saturated heterocycles. The third-order valence-electron chi connectivity index (χ3n) is 1.32. The zero-order chi connectivity index (χ0) is 8.81. The van der Waals surface area contributed by atoms with Crippen molar-refractivity contribution >= 4 is 11.9 Å². The van der Waals surface area contributed by atoms with E-state index < -0.39 is 0 Å². The summed E-state index contributed by atoms with van der Waals surface area (Å²) in [6, 6.07) is 3.56. The highest BCUT2D eigenvalue weighted by Crippen LogP contribution is 2.02. The maximum absolute atomic E-state index is 10.9. The molecule has 0 saturated carbocycles. The first kappa shape index (κ1) is 8.53. The van der Waals surface area contributed by atoms with Crippen LogP contribution in [0.15, 0.2) is 41.5 Å². The first-order valence-electron chi connectivity index (χ1n) is 3.68. The summed E-state index contributed by atoms with van der Waals surface area (Å²) in [5.41, 5.74) is 0. The minimum absolute atomic E-state index is 0.0291. The van der Waals surface area contributed by atoms with Gasteiger partial charge in [-0.15, -0.1) is 6.58 Å². The Balaban J connectivity index is 2.50. The molecule has 0 unspecified atom stereocenters. The van der Waals surface area contributed by atoms with E-state index in [2.05, 4.69) is 6.58 Å². The van der Waals surface area contributed by atoms with E-state index in [1.807, 2.05) is 0 Å². The van der Waals surface area contributed by atoms with E-state index >= 15 is 0 Å². The summed E-state index contributed by atoms with van der Waals surface area (Å²) in [5, 5.41) is 0. The normalized spacial score (nSPS) is 10.3. The van der Waals surface area contributed by atoms with Gasteiger partial charge < -0.3 is 4.42 Å². The second-order valence-corrected chi connectivity index (χ2v) is 2.31. The van der Waals surface area contributed by atoms with Crippen LogP contribution in [-0.2, 0) is 4.79 Å². The van der Waals surface area contributed by atoms with E-state index in [1.54, 1.807) is 30.5 Å². The molecule has 0 aliphatic rings. The third-order valence-corrected chi connectivity index (χ3v) is 1.32. The van der Waals surface area contributed by atoms with Crippen LogP contribution in [0.5, 0.6) is 0 Å². The fourth-order valence-electron chi connectivity index (χ4n) is 0.771. The highest BCUT2D eigenvalue weighted by atomic mass is 16.3. The van der Waals surface area contributed by atoms with Crippen LogP contribution in [0.25, 0.3) is 6.08 Å². The number of carbonyl (C=O) groups is 1. The van der Waals surface area contributed by atoms with Crippen molar-refractivity contribution in [3.63, 3.8) is 0 Å². The van der Waals surface area contributed by atoms with Gasteiger partial charge in [-0.1, -0.05) is 6.08 Å². The molecule has 1 aromatic heterocycles. The Morgan fingerprint density at radius 1 is 1.67 bits per heavy atom. The Morgan fingerprint density at radius 3 is 3.08 bits per heavy atom. The average molecular weight is 162 g/mol. The summed E-state index contributed by atoms with van der Waals surface area (Å²) < 4.78 is 5.00. The summed E-state index contributed by atoms with van der Waals surface area (Å²) >= 11 is 0. The molecule has 0 N–H and O–H groups in total. The number of carbonyl (C=O) groups excluding carboxylic acids is 1. The number of allylic oxidation sites excluding steroid dienone is 2. The van der Waals surface area contributed by atoms with Gasteiger partial charge in [-0.25, -0.2) is 0 Å². The molecule has 0 bridgehead atoms. The lowest BCUT2D eigenvalue weighted by Gasteiger charge is -1.84. The van der Waals surface area contributed by atoms with E-state index in [-0.39, 0.29) is 5.78 Å². The van der Waals surface area contributed by atoms with Crippen molar-refractivity contribution in [3.05, 3.63) is 42.9 Å².